The fourth-order valence-corrected chi connectivity index (χ4v) is 2.48. The van der Waals surface area contributed by atoms with Gasteiger partial charge in [-0.2, -0.15) is 0 Å². The van der Waals surface area contributed by atoms with Crippen molar-refractivity contribution in [2.45, 2.75) is 19.9 Å². The van der Waals surface area contributed by atoms with E-state index in [0.717, 1.165) is 36.2 Å². The Kier molecular flexibility index (Phi) is 5.15. The van der Waals surface area contributed by atoms with E-state index >= 15 is 0 Å². The van der Waals surface area contributed by atoms with Gasteiger partial charge in [-0.25, -0.2) is 4.39 Å². The summed E-state index contributed by atoms with van der Waals surface area (Å²) in [6.07, 6.45) is 0.866. The second kappa shape index (κ2) is 6.86. The molecule has 0 heterocycles. The van der Waals surface area contributed by atoms with Gasteiger partial charge in [0.25, 0.3) is 0 Å². The maximum atomic E-state index is 13.0. The van der Waals surface area contributed by atoms with Crippen molar-refractivity contribution in [3.8, 4) is 5.75 Å². The Morgan fingerprint density at radius 1 is 1.20 bits per heavy atom. The molecule has 106 valence electrons. The normalized spacial score (nSPS) is 10.8. The first-order valence-electron chi connectivity index (χ1n) is 6.49. The summed E-state index contributed by atoms with van der Waals surface area (Å²) < 4.78 is 13.7. The molecule has 0 fully saturated rings. The largest absolute Gasteiger partial charge is 0.507 e. The van der Waals surface area contributed by atoms with Gasteiger partial charge in [0.1, 0.15) is 11.6 Å². The molecule has 2 rings (SSSR count). The van der Waals surface area contributed by atoms with E-state index < -0.39 is 0 Å². The number of halogens is 2. The quantitative estimate of drug-likeness (QED) is 0.810. The highest BCUT2D eigenvalue weighted by molar-refractivity contribution is 9.10. The third-order valence-electron chi connectivity index (χ3n) is 3.22. The zero-order valence-corrected chi connectivity index (χ0v) is 12.9. The predicted octanol–water partition coefficient (Wildman–Crippen LogP) is 3.93. The van der Waals surface area contributed by atoms with Crippen LogP contribution in [-0.2, 0) is 13.0 Å². The maximum Gasteiger partial charge on any atom is 0.129 e. The van der Waals surface area contributed by atoms with Crippen molar-refractivity contribution in [3.63, 3.8) is 0 Å². The van der Waals surface area contributed by atoms with Gasteiger partial charge in [-0.15, -0.1) is 0 Å². The van der Waals surface area contributed by atoms with Crippen LogP contribution in [0.15, 0.2) is 40.9 Å². The molecule has 2 nitrogen and oxygen atoms in total. The lowest BCUT2D eigenvalue weighted by Gasteiger charge is -2.08. The Morgan fingerprint density at radius 2 is 2.00 bits per heavy atom. The van der Waals surface area contributed by atoms with Gasteiger partial charge in [-0.05, 0) is 76.8 Å². The molecular formula is C16H17BrFNO. The van der Waals surface area contributed by atoms with Crippen molar-refractivity contribution in [2.75, 3.05) is 6.54 Å². The van der Waals surface area contributed by atoms with Crippen molar-refractivity contribution in [1.29, 1.82) is 0 Å². The van der Waals surface area contributed by atoms with E-state index in [4.69, 9.17) is 0 Å². The topological polar surface area (TPSA) is 32.3 Å². The molecule has 0 aromatic heterocycles. The van der Waals surface area contributed by atoms with Crippen LogP contribution in [0, 0.1) is 12.7 Å². The lowest BCUT2D eigenvalue weighted by Crippen LogP contribution is -2.17. The molecule has 0 saturated carbocycles. The molecule has 0 bridgehead atoms. The van der Waals surface area contributed by atoms with Crippen molar-refractivity contribution in [1.82, 2.24) is 5.32 Å². The first kappa shape index (κ1) is 15.0. The lowest BCUT2D eigenvalue weighted by molar-refractivity contribution is 0.471. The summed E-state index contributed by atoms with van der Waals surface area (Å²) in [5.41, 5.74) is 3.25. The average Bonchev–Trinajstić information content (AvgIpc) is 2.40. The van der Waals surface area contributed by atoms with E-state index in [9.17, 15) is 9.50 Å². The third-order valence-corrected chi connectivity index (χ3v) is 3.85. The Hall–Kier alpha value is -1.39. The SMILES string of the molecule is Cc1cc(F)ccc1CCNCc1ccc(O)c(Br)c1. The van der Waals surface area contributed by atoms with E-state index in [1.54, 1.807) is 12.1 Å². The number of phenols is 1. The second-order valence-electron chi connectivity index (χ2n) is 4.78. The fraction of sp³-hybridized carbons (Fsp3) is 0.250. The fourth-order valence-electron chi connectivity index (χ4n) is 2.06. The number of hydrogen-bond donors (Lipinski definition) is 2. The first-order valence-corrected chi connectivity index (χ1v) is 7.28. The van der Waals surface area contributed by atoms with E-state index in [2.05, 4.69) is 21.2 Å². The molecule has 0 aliphatic rings. The summed E-state index contributed by atoms with van der Waals surface area (Å²) in [6.45, 7) is 3.49. The highest BCUT2D eigenvalue weighted by atomic mass is 79.9. The molecule has 0 aliphatic heterocycles. The van der Waals surface area contributed by atoms with Crippen LogP contribution in [-0.4, -0.2) is 11.7 Å². The summed E-state index contributed by atoms with van der Waals surface area (Å²) in [5.74, 6) is 0.0591. The maximum absolute atomic E-state index is 13.0. The molecule has 2 aromatic carbocycles. The molecule has 2 N–H and O–H groups in total. The van der Waals surface area contributed by atoms with Crippen LogP contribution in [0.3, 0.4) is 0 Å². The number of aryl methyl sites for hydroxylation is 1. The smallest absolute Gasteiger partial charge is 0.129 e. The Balaban J connectivity index is 1.82. The highest BCUT2D eigenvalue weighted by Crippen LogP contribution is 2.24. The number of aromatic hydroxyl groups is 1. The molecule has 2 aromatic rings. The summed E-state index contributed by atoms with van der Waals surface area (Å²) in [6, 6.07) is 10.3. The zero-order chi connectivity index (χ0) is 14.5. The Bertz CT molecular complexity index is 601. The van der Waals surface area contributed by atoms with Gasteiger partial charge >= 0.3 is 0 Å². The van der Waals surface area contributed by atoms with Crippen LogP contribution in [0.2, 0.25) is 0 Å². The van der Waals surface area contributed by atoms with Crippen LogP contribution < -0.4 is 5.32 Å². The average molecular weight is 338 g/mol. The molecule has 20 heavy (non-hydrogen) atoms. The number of nitrogens with one attached hydrogen (secondary N) is 1. The van der Waals surface area contributed by atoms with Gasteiger partial charge in [-0.3, -0.25) is 0 Å². The lowest BCUT2D eigenvalue weighted by atomic mass is 10.1. The molecule has 0 aliphatic carbocycles. The van der Waals surface area contributed by atoms with Gasteiger partial charge in [0.2, 0.25) is 0 Å². The van der Waals surface area contributed by atoms with Crippen molar-refractivity contribution < 1.29 is 9.50 Å². The zero-order valence-electron chi connectivity index (χ0n) is 11.3. The van der Waals surface area contributed by atoms with Crippen molar-refractivity contribution >= 4 is 15.9 Å². The molecule has 4 heteroatoms. The number of hydrogen-bond acceptors (Lipinski definition) is 2. The van der Waals surface area contributed by atoms with Crippen LogP contribution in [0.4, 0.5) is 4.39 Å². The van der Waals surface area contributed by atoms with E-state index in [1.165, 1.54) is 6.07 Å². The summed E-state index contributed by atoms with van der Waals surface area (Å²) in [4.78, 5) is 0. The van der Waals surface area contributed by atoms with Crippen molar-refractivity contribution in [2.24, 2.45) is 0 Å². The molecule has 0 unspecified atom stereocenters. The minimum absolute atomic E-state index is 0.187. The minimum Gasteiger partial charge on any atom is -0.507 e. The van der Waals surface area contributed by atoms with E-state index in [0.29, 0.717) is 4.47 Å². The van der Waals surface area contributed by atoms with Crippen LogP contribution in [0.25, 0.3) is 0 Å². The predicted molar refractivity (Wildman–Crippen MR) is 82.4 cm³/mol. The first-order chi connectivity index (χ1) is 9.56. The molecule has 0 saturated heterocycles. The summed E-state index contributed by atoms with van der Waals surface area (Å²) in [7, 11) is 0. The number of phenolic OH excluding ortho intramolecular Hbond substituents is 1. The third kappa shape index (κ3) is 4.05. The van der Waals surface area contributed by atoms with E-state index in [-0.39, 0.29) is 11.6 Å². The monoisotopic (exact) mass is 337 g/mol. The molecular weight excluding hydrogens is 321 g/mol. The van der Waals surface area contributed by atoms with Gasteiger partial charge in [0, 0.05) is 6.54 Å². The molecule has 0 radical (unpaired) electrons. The van der Waals surface area contributed by atoms with Crippen LogP contribution in [0.1, 0.15) is 16.7 Å². The second-order valence-corrected chi connectivity index (χ2v) is 5.64. The van der Waals surface area contributed by atoms with E-state index in [1.807, 2.05) is 25.1 Å². The van der Waals surface area contributed by atoms with Crippen LogP contribution in [0.5, 0.6) is 5.75 Å². The van der Waals surface area contributed by atoms with Gasteiger partial charge in [0.05, 0.1) is 4.47 Å². The Morgan fingerprint density at radius 3 is 2.70 bits per heavy atom. The van der Waals surface area contributed by atoms with Crippen LogP contribution >= 0.6 is 15.9 Å². The standard InChI is InChI=1S/C16H17BrFNO/c1-11-8-14(18)4-3-13(11)6-7-19-10-12-2-5-16(20)15(17)9-12/h2-5,8-9,19-20H,6-7,10H2,1H3. The molecule has 0 spiro atoms. The number of benzene rings is 2. The summed E-state index contributed by atoms with van der Waals surface area (Å²) >= 11 is 3.29. The Labute approximate surface area is 126 Å². The highest BCUT2D eigenvalue weighted by Gasteiger charge is 2.01. The molecule has 0 atom stereocenters. The number of rotatable bonds is 5. The van der Waals surface area contributed by atoms with Gasteiger partial charge < -0.3 is 10.4 Å². The summed E-state index contributed by atoms with van der Waals surface area (Å²) in [5, 5.41) is 12.8. The molecule has 0 amide bonds. The van der Waals surface area contributed by atoms with Gasteiger partial charge in [0.15, 0.2) is 0 Å². The van der Waals surface area contributed by atoms with Gasteiger partial charge in [-0.1, -0.05) is 12.1 Å². The van der Waals surface area contributed by atoms with Crippen molar-refractivity contribution in [3.05, 3.63) is 63.4 Å². The minimum atomic E-state index is -0.187.